The molecule has 21 heavy (non-hydrogen) atoms. The van der Waals surface area contributed by atoms with Crippen LogP contribution in [0.3, 0.4) is 0 Å². The second kappa shape index (κ2) is 23.1. The molecule has 0 bridgehead atoms. The molecule has 0 aliphatic rings. The third-order valence-corrected chi connectivity index (χ3v) is 7.45. The van der Waals surface area contributed by atoms with Gasteiger partial charge in [0.25, 0.3) is 0 Å². The van der Waals surface area contributed by atoms with Crippen LogP contribution in [0.15, 0.2) is 0 Å². The Hall–Kier alpha value is 0.819. The molecule has 0 spiro atoms. The number of carbonyl (C=O) groups excluding carboxylic acids is 1. The van der Waals surface area contributed by atoms with Gasteiger partial charge in [0, 0.05) is 6.92 Å². The van der Waals surface area contributed by atoms with E-state index in [2.05, 4.69) is 26.5 Å². The van der Waals surface area contributed by atoms with Crippen molar-refractivity contribution >= 4 is 38.9 Å². The van der Waals surface area contributed by atoms with Crippen LogP contribution in [0.2, 0.25) is 8.87 Å². The minimum absolute atomic E-state index is 0.0736. The van der Waals surface area contributed by atoms with Crippen LogP contribution in [0.5, 0.6) is 0 Å². The van der Waals surface area contributed by atoms with E-state index in [9.17, 15) is 4.79 Å². The van der Waals surface area contributed by atoms with Gasteiger partial charge < -0.3 is 0 Å². The molecule has 0 aromatic rings. The van der Waals surface area contributed by atoms with Crippen molar-refractivity contribution in [2.75, 3.05) is 0 Å². The van der Waals surface area contributed by atoms with Crippen LogP contribution in [0, 0.1) is 0 Å². The number of rotatable bonds is 14. The van der Waals surface area contributed by atoms with E-state index >= 15 is 0 Å². The summed E-state index contributed by atoms with van der Waals surface area (Å²) < 4.78 is 3.31. The standard InChI is InChI=1S/2C8H17.C2H4OS.Sn/c2*1-3-5-7-8-6-4-2;1-2(3)4;/h2*1,3-8H2,2H3;1H3,(H,3,4);. The van der Waals surface area contributed by atoms with Crippen LogP contribution >= 0.6 is 12.6 Å². The zero-order valence-electron chi connectivity index (χ0n) is 14.8. The molecule has 0 N–H and O–H groups in total. The van der Waals surface area contributed by atoms with Gasteiger partial charge >= 0.3 is 121 Å². The van der Waals surface area contributed by atoms with Crippen molar-refractivity contribution in [3.05, 3.63) is 0 Å². The van der Waals surface area contributed by atoms with Crippen molar-refractivity contribution in [3.8, 4) is 0 Å². The molecule has 2 radical (unpaired) electrons. The predicted molar refractivity (Wildman–Crippen MR) is 102 cm³/mol. The van der Waals surface area contributed by atoms with Gasteiger partial charge in [0.05, 0.1) is 0 Å². The fourth-order valence-corrected chi connectivity index (χ4v) is 5.75. The van der Waals surface area contributed by atoms with Gasteiger partial charge in [-0.25, -0.2) is 0 Å². The van der Waals surface area contributed by atoms with Gasteiger partial charge in [-0.2, -0.15) is 0 Å². The first-order chi connectivity index (χ1) is 10.1. The van der Waals surface area contributed by atoms with E-state index in [4.69, 9.17) is 0 Å². The molecule has 0 atom stereocenters. The SMILES string of the molecule is CC(=O)S.CCCCCCC[CH2][Sn][CH2]CCCCCCC. The Bertz CT molecular complexity index is 180. The fourth-order valence-electron chi connectivity index (χ4n) is 2.19. The number of hydrogen-bond acceptors (Lipinski definition) is 1. The molecular formula is C18H38OSSn. The van der Waals surface area contributed by atoms with Crippen LogP contribution in [0.1, 0.15) is 97.8 Å². The summed E-state index contributed by atoms with van der Waals surface area (Å²) in [5.41, 5.74) is 0. The summed E-state index contributed by atoms with van der Waals surface area (Å²) in [6.45, 7) is 5.99. The summed E-state index contributed by atoms with van der Waals surface area (Å²) in [6.07, 6.45) is 17.8. The third kappa shape index (κ3) is 33.6. The van der Waals surface area contributed by atoms with E-state index in [1.807, 2.05) is 0 Å². The van der Waals surface area contributed by atoms with Gasteiger partial charge in [0.1, 0.15) is 0 Å². The molecule has 0 aliphatic heterocycles. The van der Waals surface area contributed by atoms with Gasteiger partial charge in [0.2, 0.25) is 0 Å². The number of unbranched alkanes of at least 4 members (excludes halogenated alkanes) is 10. The summed E-state index contributed by atoms with van der Waals surface area (Å²) in [7, 11) is 0. The average Bonchev–Trinajstić information content (AvgIpc) is 2.43. The van der Waals surface area contributed by atoms with Crippen LogP contribution < -0.4 is 0 Å². The molecule has 0 unspecified atom stereocenters. The normalized spacial score (nSPS) is 10.1. The Labute approximate surface area is 150 Å². The maximum atomic E-state index is 9.31. The van der Waals surface area contributed by atoms with Crippen molar-refractivity contribution in [2.45, 2.75) is 107 Å². The molecular weight excluding hydrogens is 383 g/mol. The van der Waals surface area contributed by atoms with Crippen LogP contribution in [-0.4, -0.2) is 26.3 Å². The average molecular weight is 421 g/mol. The first-order valence-corrected chi connectivity index (χ1v) is 13.5. The van der Waals surface area contributed by atoms with E-state index in [1.165, 1.54) is 71.1 Å². The van der Waals surface area contributed by atoms with Gasteiger partial charge in [-0.05, 0) is 0 Å². The van der Waals surface area contributed by atoms with E-state index in [0.717, 1.165) is 0 Å². The third-order valence-electron chi connectivity index (χ3n) is 3.41. The number of thiol groups is 1. The van der Waals surface area contributed by atoms with Gasteiger partial charge in [-0.15, -0.1) is 12.6 Å². The van der Waals surface area contributed by atoms with Crippen molar-refractivity contribution in [3.63, 3.8) is 0 Å². The van der Waals surface area contributed by atoms with Crippen LogP contribution in [-0.2, 0) is 4.79 Å². The molecule has 1 nitrogen and oxygen atoms in total. The maximum absolute atomic E-state index is 9.31. The van der Waals surface area contributed by atoms with Gasteiger partial charge in [-0.3, -0.25) is 4.79 Å². The summed E-state index contributed by atoms with van der Waals surface area (Å²) in [5, 5.41) is -0.139. The van der Waals surface area contributed by atoms with Gasteiger partial charge in [0.15, 0.2) is 5.12 Å². The second-order valence-corrected chi connectivity index (χ2v) is 10.7. The Morgan fingerprint density at radius 3 is 1.33 bits per heavy atom. The minimum atomic E-state index is -0.139. The molecule has 0 aromatic carbocycles. The molecule has 0 aromatic heterocycles. The summed E-state index contributed by atoms with van der Waals surface area (Å²) in [6, 6.07) is 0. The second-order valence-electron chi connectivity index (χ2n) is 5.80. The fraction of sp³-hybridized carbons (Fsp3) is 0.944. The Morgan fingerprint density at radius 1 is 0.714 bits per heavy atom. The van der Waals surface area contributed by atoms with Crippen molar-refractivity contribution < 1.29 is 4.79 Å². The topological polar surface area (TPSA) is 17.1 Å². The number of hydrogen-bond donors (Lipinski definition) is 1. The first-order valence-electron chi connectivity index (χ1n) is 9.05. The number of carbonyl (C=O) groups is 1. The molecule has 0 heterocycles. The van der Waals surface area contributed by atoms with Crippen molar-refractivity contribution in [1.29, 1.82) is 0 Å². The molecule has 0 rings (SSSR count). The van der Waals surface area contributed by atoms with E-state index in [0.29, 0.717) is 0 Å². The quantitative estimate of drug-likeness (QED) is 0.187. The predicted octanol–water partition coefficient (Wildman–Crippen LogP) is 6.71. The molecule has 0 amide bonds. The summed E-state index contributed by atoms with van der Waals surface area (Å²) in [5.74, 6) is 0. The zero-order valence-corrected chi connectivity index (χ0v) is 18.5. The van der Waals surface area contributed by atoms with Crippen molar-refractivity contribution in [1.82, 2.24) is 0 Å². The van der Waals surface area contributed by atoms with E-state index in [1.54, 1.807) is 21.7 Å². The van der Waals surface area contributed by atoms with Gasteiger partial charge in [-0.1, -0.05) is 0 Å². The van der Waals surface area contributed by atoms with E-state index in [-0.39, 0.29) is 26.3 Å². The molecule has 0 saturated heterocycles. The molecule has 0 fully saturated rings. The first kappa shape index (κ1) is 24.1. The van der Waals surface area contributed by atoms with E-state index < -0.39 is 0 Å². The van der Waals surface area contributed by atoms with Crippen LogP contribution in [0.25, 0.3) is 0 Å². The zero-order chi connectivity index (χ0) is 16.2. The molecule has 0 saturated carbocycles. The Balaban J connectivity index is 0. The Kier molecular flexibility index (Phi) is 26.5. The molecule has 0 aliphatic carbocycles. The summed E-state index contributed by atoms with van der Waals surface area (Å²) >= 11 is 3.40. The Morgan fingerprint density at radius 2 is 1.00 bits per heavy atom. The monoisotopic (exact) mass is 422 g/mol. The molecule has 3 heteroatoms. The van der Waals surface area contributed by atoms with Crippen molar-refractivity contribution in [2.24, 2.45) is 0 Å². The summed E-state index contributed by atoms with van der Waals surface area (Å²) in [4.78, 5) is 9.31. The van der Waals surface area contributed by atoms with Crippen LogP contribution in [0.4, 0.5) is 0 Å². The molecule has 126 valence electrons.